The smallest absolute Gasteiger partial charge is 0.346 e. The number of hydrogen-bond acceptors (Lipinski definition) is 6. The van der Waals surface area contributed by atoms with Crippen LogP contribution in [0.1, 0.15) is 82.6 Å². The Morgan fingerprint density at radius 3 is 1.61 bits per heavy atom. The summed E-state index contributed by atoms with van der Waals surface area (Å²) >= 11 is 0. The van der Waals surface area contributed by atoms with Crippen molar-refractivity contribution >= 4 is 23.9 Å². The number of ether oxygens (including phenoxy) is 2. The Labute approximate surface area is 216 Å². The fourth-order valence-electron chi connectivity index (χ4n) is 6.83. The summed E-state index contributed by atoms with van der Waals surface area (Å²) < 4.78 is 9.90. The second kappa shape index (κ2) is 6.92. The molecule has 4 aliphatic rings. The van der Waals surface area contributed by atoms with Crippen molar-refractivity contribution in [2.24, 2.45) is 0 Å². The number of rotatable bonds is 2. The number of aryl methyl sites for hydroxylation is 1. The molecule has 1 spiro atoms. The van der Waals surface area contributed by atoms with Crippen molar-refractivity contribution in [3.63, 3.8) is 0 Å². The fourth-order valence-corrected chi connectivity index (χ4v) is 6.83. The van der Waals surface area contributed by atoms with Crippen LogP contribution in [-0.4, -0.2) is 23.9 Å². The van der Waals surface area contributed by atoms with Gasteiger partial charge in [-0.2, -0.15) is 0 Å². The van der Waals surface area contributed by atoms with Crippen LogP contribution in [0.4, 0.5) is 0 Å². The summed E-state index contributed by atoms with van der Waals surface area (Å²) in [4.78, 5) is 50.4. The van der Waals surface area contributed by atoms with Crippen LogP contribution < -0.4 is 0 Å². The van der Waals surface area contributed by atoms with E-state index < -0.39 is 29.3 Å². The lowest BCUT2D eigenvalue weighted by Crippen LogP contribution is -2.26. The molecular formula is C32H18O6. The average molecular weight is 498 g/mol. The first-order chi connectivity index (χ1) is 18.4. The molecule has 8 rings (SSSR count). The van der Waals surface area contributed by atoms with Gasteiger partial charge in [0, 0.05) is 0 Å². The van der Waals surface area contributed by atoms with E-state index in [9.17, 15) is 19.2 Å². The Balaban J connectivity index is 1.57. The van der Waals surface area contributed by atoms with Gasteiger partial charge in [-0.15, -0.1) is 0 Å². The molecule has 182 valence electrons. The van der Waals surface area contributed by atoms with Crippen LogP contribution in [0.5, 0.6) is 0 Å². The number of cyclic esters (lactones) is 4. The largest absolute Gasteiger partial charge is 0.386 e. The fraction of sp³-hybridized carbons (Fsp3) is 0.125. The highest BCUT2D eigenvalue weighted by Crippen LogP contribution is 2.63. The van der Waals surface area contributed by atoms with Gasteiger partial charge in [0.2, 0.25) is 0 Å². The van der Waals surface area contributed by atoms with Crippen molar-refractivity contribution in [3.05, 3.63) is 117 Å². The summed E-state index contributed by atoms with van der Waals surface area (Å²) in [5, 5.41) is 0. The third-order valence-corrected chi connectivity index (χ3v) is 8.31. The van der Waals surface area contributed by atoms with Gasteiger partial charge in [0.05, 0.1) is 27.7 Å². The van der Waals surface area contributed by atoms with Gasteiger partial charge in [0.1, 0.15) is 0 Å². The Morgan fingerprint density at radius 2 is 1.03 bits per heavy atom. The van der Waals surface area contributed by atoms with Crippen LogP contribution in [0.3, 0.4) is 0 Å². The van der Waals surface area contributed by atoms with E-state index in [4.69, 9.17) is 9.47 Å². The molecule has 0 N–H and O–H groups in total. The van der Waals surface area contributed by atoms with Crippen LogP contribution >= 0.6 is 0 Å². The molecule has 2 heterocycles. The maximum absolute atomic E-state index is 12.7. The molecule has 0 unspecified atom stereocenters. The van der Waals surface area contributed by atoms with Crippen molar-refractivity contribution in [2.45, 2.75) is 25.2 Å². The third kappa shape index (κ3) is 2.34. The average Bonchev–Trinajstić information content (AvgIpc) is 3.57. The predicted octanol–water partition coefficient (Wildman–Crippen LogP) is 5.60. The molecule has 0 aromatic heterocycles. The third-order valence-electron chi connectivity index (χ3n) is 8.31. The minimum atomic E-state index is -0.859. The van der Waals surface area contributed by atoms with Gasteiger partial charge in [0.25, 0.3) is 0 Å². The van der Waals surface area contributed by atoms with Gasteiger partial charge in [0.15, 0.2) is 0 Å². The maximum atomic E-state index is 12.7. The second-order valence-corrected chi connectivity index (χ2v) is 10.2. The monoisotopic (exact) mass is 498 g/mol. The lowest BCUT2D eigenvalue weighted by atomic mass is 9.69. The Morgan fingerprint density at radius 1 is 0.526 bits per heavy atom. The van der Waals surface area contributed by atoms with E-state index in [-0.39, 0.29) is 22.3 Å². The number of hydrogen-bond donors (Lipinski definition) is 0. The highest BCUT2D eigenvalue weighted by atomic mass is 16.6. The molecule has 0 saturated carbocycles. The van der Waals surface area contributed by atoms with Crippen molar-refractivity contribution in [1.82, 2.24) is 0 Å². The van der Waals surface area contributed by atoms with E-state index >= 15 is 0 Å². The summed E-state index contributed by atoms with van der Waals surface area (Å²) in [5.74, 6) is -2.73. The molecule has 0 fully saturated rings. The first-order valence-electron chi connectivity index (χ1n) is 12.6. The Hall–Kier alpha value is -4.84. The molecule has 6 heteroatoms. The van der Waals surface area contributed by atoms with E-state index in [0.29, 0.717) is 0 Å². The van der Waals surface area contributed by atoms with Gasteiger partial charge in [-0.05, 0) is 80.8 Å². The molecule has 4 aromatic rings. The minimum absolute atomic E-state index is 0.196. The zero-order valence-electron chi connectivity index (χ0n) is 20.2. The van der Waals surface area contributed by atoms with E-state index in [2.05, 4.69) is 37.3 Å². The number of carbonyl (C=O) groups excluding carboxylic acids is 4. The molecule has 0 radical (unpaired) electrons. The summed E-state index contributed by atoms with van der Waals surface area (Å²) in [6, 6.07) is 21.5. The van der Waals surface area contributed by atoms with Gasteiger partial charge in [-0.1, -0.05) is 55.8 Å². The first kappa shape index (κ1) is 21.3. The number of benzene rings is 4. The number of esters is 4. The summed E-state index contributed by atoms with van der Waals surface area (Å²) in [6.45, 7) is 2.13. The molecule has 2 aliphatic carbocycles. The maximum Gasteiger partial charge on any atom is 0.346 e. The van der Waals surface area contributed by atoms with Gasteiger partial charge in [-0.25, -0.2) is 19.2 Å². The minimum Gasteiger partial charge on any atom is -0.386 e. The van der Waals surface area contributed by atoms with Gasteiger partial charge in [-0.3, -0.25) is 0 Å². The van der Waals surface area contributed by atoms with Crippen LogP contribution in [0, 0.1) is 0 Å². The van der Waals surface area contributed by atoms with Crippen LogP contribution in [0.15, 0.2) is 66.7 Å². The molecule has 0 saturated heterocycles. The highest BCUT2D eigenvalue weighted by Gasteiger charge is 2.54. The van der Waals surface area contributed by atoms with Crippen LogP contribution in [-0.2, 0) is 21.3 Å². The lowest BCUT2D eigenvalue weighted by molar-refractivity contribution is 0.0425. The number of fused-ring (bicyclic) bond motifs is 12. The van der Waals surface area contributed by atoms with Crippen molar-refractivity contribution in [1.29, 1.82) is 0 Å². The van der Waals surface area contributed by atoms with Crippen LogP contribution in [0.25, 0.3) is 22.3 Å². The van der Waals surface area contributed by atoms with E-state index in [0.717, 1.165) is 57.3 Å². The lowest BCUT2D eigenvalue weighted by Gasteiger charge is -2.31. The topological polar surface area (TPSA) is 86.7 Å². The molecule has 0 atom stereocenters. The van der Waals surface area contributed by atoms with Crippen molar-refractivity contribution in [3.8, 4) is 22.3 Å². The Kier molecular flexibility index (Phi) is 3.87. The predicted molar refractivity (Wildman–Crippen MR) is 136 cm³/mol. The van der Waals surface area contributed by atoms with E-state index in [1.54, 1.807) is 24.3 Å². The highest BCUT2D eigenvalue weighted by molar-refractivity contribution is 6.18. The van der Waals surface area contributed by atoms with E-state index in [1.807, 2.05) is 12.1 Å². The molecule has 6 nitrogen and oxygen atoms in total. The van der Waals surface area contributed by atoms with Crippen molar-refractivity contribution in [2.75, 3.05) is 0 Å². The van der Waals surface area contributed by atoms with Crippen LogP contribution in [0.2, 0.25) is 0 Å². The van der Waals surface area contributed by atoms with Gasteiger partial charge < -0.3 is 9.47 Å². The molecular weight excluding hydrogens is 480 g/mol. The van der Waals surface area contributed by atoms with E-state index in [1.165, 1.54) is 5.56 Å². The summed E-state index contributed by atoms with van der Waals surface area (Å²) in [5.41, 5.74) is 8.43. The molecule has 2 aliphatic heterocycles. The van der Waals surface area contributed by atoms with Gasteiger partial charge >= 0.3 is 23.9 Å². The Bertz CT molecular complexity index is 1780. The number of carbonyl (C=O) groups is 4. The second-order valence-electron chi connectivity index (χ2n) is 10.2. The SMILES string of the molecule is CCCc1ccc2c(c1)C1(c3ccccc3-2)c2cc3c(cc2-c2cc4c(cc21)C(=O)OC4=O)C(=O)OC3=O. The standard InChI is InChI=1S/C32H18O6/c1-2-5-15-8-9-17-16-6-3-4-7-24(16)32(25(17)10-15)26-13-22-20(28(33)37-30(22)35)11-18(26)19-12-21-23(14-27(19)32)31(36)38-29(21)34/h3-4,6-14H,2,5H2,1H3. The molecule has 0 bridgehead atoms. The molecule has 0 amide bonds. The normalized spacial score (nSPS) is 16.6. The zero-order valence-corrected chi connectivity index (χ0v) is 20.2. The summed E-state index contributed by atoms with van der Waals surface area (Å²) in [6.07, 6.45) is 1.88. The summed E-state index contributed by atoms with van der Waals surface area (Å²) in [7, 11) is 0. The zero-order chi connectivity index (χ0) is 25.9. The quantitative estimate of drug-likeness (QED) is 0.228. The molecule has 4 aromatic carbocycles. The van der Waals surface area contributed by atoms with Crippen molar-refractivity contribution < 1.29 is 28.7 Å². The molecule has 38 heavy (non-hydrogen) atoms. The first-order valence-corrected chi connectivity index (χ1v) is 12.6.